The molecule has 1 aliphatic rings. The van der Waals surface area contributed by atoms with Crippen molar-refractivity contribution >= 4 is 5.69 Å². The molecule has 0 bridgehead atoms. The molecule has 0 saturated heterocycles. The maximum absolute atomic E-state index is 5.76. The molecule has 0 radical (unpaired) electrons. The zero-order chi connectivity index (χ0) is 13.2. The molecular weight excluding hydrogens is 240 g/mol. The van der Waals surface area contributed by atoms with Crippen LogP contribution in [0.3, 0.4) is 0 Å². The first kappa shape index (κ1) is 11.8. The first-order chi connectivity index (χ1) is 9.20. The molecule has 0 spiro atoms. The second-order valence-electron chi connectivity index (χ2n) is 4.77. The van der Waals surface area contributed by atoms with Gasteiger partial charge in [-0.15, -0.1) is 0 Å². The van der Waals surface area contributed by atoms with Crippen LogP contribution < -0.4 is 15.2 Å². The number of hydrogen-bond acceptors (Lipinski definition) is 4. The molecule has 4 nitrogen and oxygen atoms in total. The molecule has 1 unspecified atom stereocenters. The van der Waals surface area contributed by atoms with Crippen LogP contribution in [-0.4, -0.2) is 11.1 Å². The first-order valence-corrected chi connectivity index (χ1v) is 6.40. The van der Waals surface area contributed by atoms with Crippen molar-refractivity contribution < 1.29 is 9.47 Å². The average Bonchev–Trinajstić information content (AvgIpc) is 2.42. The van der Waals surface area contributed by atoms with E-state index in [2.05, 4.69) is 11.9 Å². The molecule has 98 valence electrons. The fourth-order valence-corrected chi connectivity index (χ4v) is 2.14. The molecule has 1 aromatic carbocycles. The lowest BCUT2D eigenvalue weighted by molar-refractivity contribution is 0.192. The normalized spacial score (nSPS) is 17.4. The van der Waals surface area contributed by atoms with Gasteiger partial charge in [0.15, 0.2) is 0 Å². The molecule has 0 aliphatic carbocycles. The van der Waals surface area contributed by atoms with Crippen molar-refractivity contribution in [2.45, 2.75) is 25.9 Å². The summed E-state index contributed by atoms with van der Waals surface area (Å²) in [7, 11) is 0. The molecule has 2 N–H and O–H groups in total. The molecule has 2 heterocycles. The molecular formula is C15H16N2O2. The van der Waals surface area contributed by atoms with Crippen molar-refractivity contribution in [3.63, 3.8) is 0 Å². The van der Waals surface area contributed by atoms with Gasteiger partial charge in [0, 0.05) is 6.07 Å². The number of aryl methyl sites for hydroxylation is 1. The van der Waals surface area contributed by atoms with Crippen LogP contribution in [0, 0.1) is 0 Å². The maximum atomic E-state index is 5.76. The minimum atomic E-state index is 0.290. The molecule has 3 rings (SSSR count). The fraction of sp³-hybridized carbons (Fsp3) is 0.267. The van der Waals surface area contributed by atoms with Crippen molar-refractivity contribution in [2.24, 2.45) is 0 Å². The number of aromatic nitrogens is 1. The van der Waals surface area contributed by atoms with Crippen molar-refractivity contribution in [3.05, 3.63) is 42.1 Å². The predicted octanol–water partition coefficient (Wildman–Crippen LogP) is 3.17. The first-order valence-electron chi connectivity index (χ1n) is 6.40. The molecule has 0 fully saturated rings. The van der Waals surface area contributed by atoms with E-state index in [4.69, 9.17) is 15.2 Å². The van der Waals surface area contributed by atoms with Gasteiger partial charge in [-0.3, -0.25) is 0 Å². The summed E-state index contributed by atoms with van der Waals surface area (Å²) >= 11 is 0. The average molecular weight is 256 g/mol. The summed E-state index contributed by atoms with van der Waals surface area (Å²) in [6, 6.07) is 9.39. The van der Waals surface area contributed by atoms with Crippen molar-refractivity contribution in [3.8, 4) is 17.4 Å². The Hall–Kier alpha value is -2.23. The van der Waals surface area contributed by atoms with Crippen LogP contribution in [0.4, 0.5) is 5.69 Å². The summed E-state index contributed by atoms with van der Waals surface area (Å²) in [5.74, 6) is 2.27. The number of fused-ring (bicyclic) bond motifs is 1. The summed E-state index contributed by atoms with van der Waals surface area (Å²) in [4.78, 5) is 4.12. The Bertz CT molecular complexity index is 581. The second-order valence-corrected chi connectivity index (χ2v) is 4.77. The van der Waals surface area contributed by atoms with E-state index >= 15 is 0 Å². The number of nitrogen functional groups attached to an aromatic ring is 1. The maximum Gasteiger partial charge on any atom is 0.219 e. The molecule has 0 amide bonds. The second kappa shape index (κ2) is 4.80. The topological polar surface area (TPSA) is 57.4 Å². The van der Waals surface area contributed by atoms with Crippen LogP contribution in [0.1, 0.15) is 18.9 Å². The Kier molecular flexibility index (Phi) is 2.99. The Morgan fingerprint density at radius 3 is 3.00 bits per heavy atom. The van der Waals surface area contributed by atoms with Gasteiger partial charge in [0.25, 0.3) is 0 Å². The van der Waals surface area contributed by atoms with Gasteiger partial charge >= 0.3 is 0 Å². The van der Waals surface area contributed by atoms with Crippen LogP contribution in [0.15, 0.2) is 36.5 Å². The van der Waals surface area contributed by atoms with Gasteiger partial charge in [-0.1, -0.05) is 0 Å². The zero-order valence-electron chi connectivity index (χ0n) is 10.8. The van der Waals surface area contributed by atoms with Gasteiger partial charge in [0.2, 0.25) is 5.88 Å². The Morgan fingerprint density at radius 1 is 1.32 bits per heavy atom. The molecule has 1 aliphatic heterocycles. The number of benzene rings is 1. The van der Waals surface area contributed by atoms with Gasteiger partial charge in [0.05, 0.1) is 18.0 Å². The molecule has 1 aromatic heterocycles. The highest BCUT2D eigenvalue weighted by molar-refractivity contribution is 5.43. The minimum Gasteiger partial charge on any atom is -0.490 e. The van der Waals surface area contributed by atoms with Crippen molar-refractivity contribution in [2.75, 3.05) is 5.73 Å². The predicted molar refractivity (Wildman–Crippen MR) is 73.6 cm³/mol. The third-order valence-electron chi connectivity index (χ3n) is 3.16. The van der Waals surface area contributed by atoms with E-state index in [1.807, 2.05) is 18.2 Å². The monoisotopic (exact) mass is 256 g/mol. The highest BCUT2D eigenvalue weighted by atomic mass is 16.5. The van der Waals surface area contributed by atoms with E-state index < -0.39 is 0 Å². The third-order valence-corrected chi connectivity index (χ3v) is 3.16. The Balaban J connectivity index is 1.80. The van der Waals surface area contributed by atoms with Gasteiger partial charge in [-0.2, -0.15) is 0 Å². The van der Waals surface area contributed by atoms with Gasteiger partial charge in [-0.25, -0.2) is 4.98 Å². The minimum absolute atomic E-state index is 0.290. The van der Waals surface area contributed by atoms with Crippen LogP contribution in [0.5, 0.6) is 17.4 Å². The molecule has 2 aromatic rings. The van der Waals surface area contributed by atoms with Crippen LogP contribution in [0.2, 0.25) is 0 Å². The summed E-state index contributed by atoms with van der Waals surface area (Å²) in [5, 5.41) is 0. The van der Waals surface area contributed by atoms with Crippen LogP contribution >= 0.6 is 0 Å². The van der Waals surface area contributed by atoms with Crippen molar-refractivity contribution in [1.82, 2.24) is 4.98 Å². The standard InChI is InChI=1S/C15H16N2O2/c1-10-2-3-11-8-13(5-6-14(11)18-10)19-15-7-4-12(16)9-17-15/h4-10H,2-3,16H2,1H3. The lowest BCUT2D eigenvalue weighted by atomic mass is 10.0. The molecule has 19 heavy (non-hydrogen) atoms. The zero-order valence-corrected chi connectivity index (χ0v) is 10.8. The summed E-state index contributed by atoms with van der Waals surface area (Å²) in [6.07, 6.45) is 3.93. The molecule has 1 atom stereocenters. The quantitative estimate of drug-likeness (QED) is 0.896. The lowest BCUT2D eigenvalue weighted by Gasteiger charge is -2.23. The summed E-state index contributed by atoms with van der Waals surface area (Å²) in [6.45, 7) is 2.09. The van der Waals surface area contributed by atoms with Crippen molar-refractivity contribution in [1.29, 1.82) is 0 Å². The number of pyridine rings is 1. The number of rotatable bonds is 2. The van der Waals surface area contributed by atoms with E-state index in [1.54, 1.807) is 18.3 Å². The lowest BCUT2D eigenvalue weighted by Crippen LogP contribution is -2.18. The molecule has 0 saturated carbocycles. The van der Waals surface area contributed by atoms with Gasteiger partial charge in [0.1, 0.15) is 11.5 Å². The SMILES string of the molecule is CC1CCc2cc(Oc3ccc(N)cn3)ccc2O1. The van der Waals surface area contributed by atoms with E-state index in [1.165, 1.54) is 5.56 Å². The molecule has 4 heteroatoms. The number of ether oxygens (including phenoxy) is 2. The Labute approximate surface area is 112 Å². The Morgan fingerprint density at radius 2 is 2.21 bits per heavy atom. The van der Waals surface area contributed by atoms with E-state index in [0.717, 1.165) is 24.3 Å². The smallest absolute Gasteiger partial charge is 0.219 e. The van der Waals surface area contributed by atoms with E-state index in [0.29, 0.717) is 11.6 Å². The van der Waals surface area contributed by atoms with Crippen LogP contribution in [-0.2, 0) is 6.42 Å². The number of nitrogens with two attached hydrogens (primary N) is 1. The van der Waals surface area contributed by atoms with Crippen LogP contribution in [0.25, 0.3) is 0 Å². The third kappa shape index (κ3) is 2.62. The van der Waals surface area contributed by atoms with E-state index in [-0.39, 0.29) is 6.10 Å². The van der Waals surface area contributed by atoms with Gasteiger partial charge < -0.3 is 15.2 Å². The highest BCUT2D eigenvalue weighted by Gasteiger charge is 2.16. The largest absolute Gasteiger partial charge is 0.490 e. The van der Waals surface area contributed by atoms with E-state index in [9.17, 15) is 0 Å². The highest BCUT2D eigenvalue weighted by Crippen LogP contribution is 2.32. The van der Waals surface area contributed by atoms with Gasteiger partial charge in [-0.05, 0) is 49.6 Å². The number of anilines is 1. The number of nitrogens with zero attached hydrogens (tertiary/aromatic N) is 1. The fourth-order valence-electron chi connectivity index (χ4n) is 2.14. The summed E-state index contributed by atoms with van der Waals surface area (Å²) in [5.41, 5.74) is 7.40. The number of hydrogen-bond donors (Lipinski definition) is 1. The summed E-state index contributed by atoms with van der Waals surface area (Å²) < 4.78 is 11.5.